The molecule has 0 unspecified atom stereocenters. The maximum absolute atomic E-state index is 5.53. The van der Waals surface area contributed by atoms with Gasteiger partial charge in [-0.2, -0.15) is 20.1 Å². The van der Waals surface area contributed by atoms with Crippen LogP contribution in [0.3, 0.4) is 0 Å². The molecule has 0 saturated heterocycles. The zero-order valence-corrected chi connectivity index (χ0v) is 12.4. The highest BCUT2D eigenvalue weighted by Crippen LogP contribution is 2.38. The largest absolute Gasteiger partial charge is 0.463 e. The van der Waals surface area contributed by atoms with Gasteiger partial charge in [0.25, 0.3) is 5.95 Å². The molecule has 1 aliphatic carbocycles. The molecule has 7 heteroatoms. The van der Waals surface area contributed by atoms with Crippen LogP contribution in [0, 0.1) is 0 Å². The van der Waals surface area contributed by atoms with E-state index < -0.39 is 0 Å². The van der Waals surface area contributed by atoms with Gasteiger partial charge >= 0.3 is 6.01 Å². The highest BCUT2D eigenvalue weighted by atomic mass is 16.5. The summed E-state index contributed by atoms with van der Waals surface area (Å²) in [5.41, 5.74) is 1.11. The third kappa shape index (κ3) is 3.29. The van der Waals surface area contributed by atoms with Gasteiger partial charge in [0.1, 0.15) is 0 Å². The molecule has 7 nitrogen and oxygen atoms in total. The van der Waals surface area contributed by atoms with Crippen molar-refractivity contribution in [3.63, 3.8) is 0 Å². The Hall–Kier alpha value is -2.18. The Morgan fingerprint density at radius 2 is 2.14 bits per heavy atom. The molecule has 21 heavy (non-hydrogen) atoms. The van der Waals surface area contributed by atoms with Crippen LogP contribution in [-0.2, 0) is 0 Å². The molecule has 1 fully saturated rings. The van der Waals surface area contributed by atoms with Gasteiger partial charge in [0.05, 0.1) is 12.3 Å². The summed E-state index contributed by atoms with van der Waals surface area (Å²) in [6, 6.07) is 2.36. The number of anilines is 1. The summed E-state index contributed by atoms with van der Waals surface area (Å²) >= 11 is 0. The molecule has 112 valence electrons. The molecule has 0 amide bonds. The average Bonchev–Trinajstić information content (AvgIpc) is 3.22. The maximum Gasteiger partial charge on any atom is 0.323 e. The topological polar surface area (TPSA) is 77.8 Å². The highest BCUT2D eigenvalue weighted by Gasteiger charge is 2.26. The first kappa shape index (κ1) is 13.8. The fraction of sp³-hybridized carbons (Fsp3) is 0.571. The van der Waals surface area contributed by atoms with Crippen molar-refractivity contribution in [2.75, 3.05) is 18.5 Å². The van der Waals surface area contributed by atoms with E-state index in [2.05, 4.69) is 25.4 Å². The monoisotopic (exact) mass is 288 g/mol. The van der Waals surface area contributed by atoms with Crippen LogP contribution >= 0.6 is 0 Å². The van der Waals surface area contributed by atoms with Gasteiger partial charge in [0.2, 0.25) is 5.95 Å². The maximum atomic E-state index is 5.53. The van der Waals surface area contributed by atoms with Gasteiger partial charge in [-0.25, -0.2) is 4.68 Å². The van der Waals surface area contributed by atoms with Crippen molar-refractivity contribution in [1.29, 1.82) is 0 Å². The number of hydrogen-bond donors (Lipinski definition) is 1. The number of rotatable bonds is 7. The number of ether oxygens (including phenoxy) is 1. The predicted molar refractivity (Wildman–Crippen MR) is 78.9 cm³/mol. The average molecular weight is 288 g/mol. The summed E-state index contributed by atoms with van der Waals surface area (Å²) in [5, 5.41) is 7.64. The standard InChI is InChI=1S/C14H20N6O/c1-3-9-21-14-17-12(15-4-2)16-13(18-14)20-8-7-11(19-20)10-5-6-10/h7-8,10H,3-6,9H2,1-2H3,(H,15,16,17,18). The number of aromatic nitrogens is 5. The van der Waals surface area contributed by atoms with E-state index in [1.165, 1.54) is 12.8 Å². The van der Waals surface area contributed by atoms with Crippen molar-refractivity contribution < 1.29 is 4.74 Å². The molecule has 0 aromatic carbocycles. The van der Waals surface area contributed by atoms with Crippen LogP contribution in [0.2, 0.25) is 0 Å². The van der Waals surface area contributed by atoms with Crippen LogP contribution in [0.4, 0.5) is 5.95 Å². The summed E-state index contributed by atoms with van der Waals surface area (Å²) in [5.74, 6) is 1.60. The Bertz CT molecular complexity index is 607. The van der Waals surface area contributed by atoms with Crippen molar-refractivity contribution >= 4 is 5.95 Å². The minimum absolute atomic E-state index is 0.335. The molecule has 0 bridgehead atoms. The van der Waals surface area contributed by atoms with Crippen LogP contribution in [0.15, 0.2) is 12.3 Å². The van der Waals surface area contributed by atoms with Crippen LogP contribution < -0.4 is 10.1 Å². The zero-order chi connectivity index (χ0) is 14.7. The quantitative estimate of drug-likeness (QED) is 0.841. The molecule has 2 aromatic heterocycles. The van der Waals surface area contributed by atoms with Gasteiger partial charge in [-0.15, -0.1) is 0 Å². The van der Waals surface area contributed by atoms with Gasteiger partial charge in [-0.05, 0) is 32.3 Å². The summed E-state index contributed by atoms with van der Waals surface area (Å²) in [4.78, 5) is 13.0. The summed E-state index contributed by atoms with van der Waals surface area (Å²) < 4.78 is 7.22. The van der Waals surface area contributed by atoms with E-state index in [1.807, 2.05) is 26.1 Å². The fourth-order valence-corrected chi connectivity index (χ4v) is 1.99. The summed E-state index contributed by atoms with van der Waals surface area (Å²) in [6.45, 7) is 5.36. The van der Waals surface area contributed by atoms with Crippen molar-refractivity contribution in [2.24, 2.45) is 0 Å². The predicted octanol–water partition coefficient (Wildman–Crippen LogP) is 2.16. The van der Waals surface area contributed by atoms with Crippen LogP contribution in [0.5, 0.6) is 6.01 Å². The Kier molecular flexibility index (Phi) is 3.98. The molecular formula is C14H20N6O. The molecule has 0 spiro atoms. The lowest BCUT2D eigenvalue weighted by atomic mass is 10.3. The van der Waals surface area contributed by atoms with Gasteiger partial charge < -0.3 is 10.1 Å². The van der Waals surface area contributed by atoms with Crippen molar-refractivity contribution in [3.05, 3.63) is 18.0 Å². The molecular weight excluding hydrogens is 268 g/mol. The highest BCUT2D eigenvalue weighted by molar-refractivity contribution is 5.30. The number of hydrogen-bond acceptors (Lipinski definition) is 6. The van der Waals surface area contributed by atoms with Crippen molar-refractivity contribution in [3.8, 4) is 12.0 Å². The minimum atomic E-state index is 0.335. The van der Waals surface area contributed by atoms with E-state index in [0.717, 1.165) is 18.7 Å². The Balaban J connectivity index is 1.88. The van der Waals surface area contributed by atoms with E-state index >= 15 is 0 Å². The first-order valence-electron chi connectivity index (χ1n) is 7.48. The Morgan fingerprint density at radius 1 is 1.29 bits per heavy atom. The molecule has 3 rings (SSSR count). The molecule has 2 aromatic rings. The fourth-order valence-electron chi connectivity index (χ4n) is 1.99. The van der Waals surface area contributed by atoms with Gasteiger partial charge in [-0.1, -0.05) is 6.92 Å². The van der Waals surface area contributed by atoms with Crippen LogP contribution in [0.25, 0.3) is 5.95 Å². The van der Waals surface area contributed by atoms with Gasteiger partial charge in [0, 0.05) is 18.7 Å². The first-order chi connectivity index (χ1) is 10.3. The van der Waals surface area contributed by atoms with Crippen molar-refractivity contribution in [2.45, 2.75) is 39.0 Å². The van der Waals surface area contributed by atoms with Crippen molar-refractivity contribution in [1.82, 2.24) is 24.7 Å². The molecule has 0 radical (unpaired) electrons. The lowest BCUT2D eigenvalue weighted by molar-refractivity contribution is 0.291. The smallest absolute Gasteiger partial charge is 0.323 e. The zero-order valence-electron chi connectivity index (χ0n) is 12.4. The summed E-state index contributed by atoms with van der Waals surface area (Å²) in [7, 11) is 0. The third-order valence-corrected chi connectivity index (χ3v) is 3.18. The minimum Gasteiger partial charge on any atom is -0.463 e. The normalized spacial score (nSPS) is 14.2. The number of nitrogens with zero attached hydrogens (tertiary/aromatic N) is 5. The lowest BCUT2D eigenvalue weighted by Crippen LogP contribution is -2.11. The molecule has 0 aliphatic heterocycles. The van der Waals surface area contributed by atoms with Crippen LogP contribution in [0.1, 0.15) is 44.7 Å². The Morgan fingerprint density at radius 3 is 2.86 bits per heavy atom. The summed E-state index contributed by atoms with van der Waals surface area (Å²) in [6.07, 6.45) is 5.25. The Labute approximate surface area is 123 Å². The first-order valence-corrected chi connectivity index (χ1v) is 7.48. The number of nitrogens with one attached hydrogen (secondary N) is 1. The SMILES string of the molecule is CCCOc1nc(NCC)nc(-n2ccc(C3CC3)n2)n1. The molecule has 2 heterocycles. The lowest BCUT2D eigenvalue weighted by Gasteiger charge is -2.08. The van der Waals surface area contributed by atoms with Gasteiger partial charge in [-0.3, -0.25) is 0 Å². The van der Waals surface area contributed by atoms with Crippen LogP contribution in [-0.4, -0.2) is 37.9 Å². The second-order valence-corrected chi connectivity index (χ2v) is 5.08. The second kappa shape index (κ2) is 6.07. The molecule has 1 N–H and O–H groups in total. The van der Waals surface area contributed by atoms with E-state index in [-0.39, 0.29) is 0 Å². The van der Waals surface area contributed by atoms with E-state index in [9.17, 15) is 0 Å². The van der Waals surface area contributed by atoms with Gasteiger partial charge in [0.15, 0.2) is 0 Å². The van der Waals surface area contributed by atoms with E-state index in [4.69, 9.17) is 4.74 Å². The van der Waals surface area contributed by atoms with E-state index in [0.29, 0.717) is 30.4 Å². The molecule has 0 atom stereocenters. The molecule has 1 saturated carbocycles. The van der Waals surface area contributed by atoms with E-state index in [1.54, 1.807) is 4.68 Å². The second-order valence-electron chi connectivity index (χ2n) is 5.08. The molecule has 1 aliphatic rings. The third-order valence-electron chi connectivity index (χ3n) is 3.18.